The van der Waals surface area contributed by atoms with E-state index in [2.05, 4.69) is 14.7 Å². The van der Waals surface area contributed by atoms with E-state index in [1.807, 2.05) is 30.3 Å². The Bertz CT molecular complexity index is 865. The molecule has 8 nitrogen and oxygen atoms in total. The number of hydrogen-bond acceptors (Lipinski definition) is 5. The minimum Gasteiger partial charge on any atom is -0.487 e. The Balaban J connectivity index is 2.26. The average molecular weight is 362 g/mol. The van der Waals surface area contributed by atoms with E-state index < -0.39 is 16.1 Å². The van der Waals surface area contributed by atoms with Crippen molar-refractivity contribution >= 4 is 15.7 Å². The lowest BCUT2D eigenvalue weighted by atomic mass is 10.1. The molecular weight excluding hydrogens is 344 g/mol. The molecule has 25 heavy (non-hydrogen) atoms. The van der Waals surface area contributed by atoms with Gasteiger partial charge in [0.2, 0.25) is 10.0 Å². The number of aliphatic hydroxyl groups is 1. The van der Waals surface area contributed by atoms with Crippen molar-refractivity contribution in [1.82, 2.24) is 0 Å². The lowest BCUT2D eigenvalue weighted by Crippen LogP contribution is -2.12. The summed E-state index contributed by atoms with van der Waals surface area (Å²) in [4.78, 5) is 2.59. The quantitative estimate of drug-likeness (QED) is 0.425. The third-order valence-electron chi connectivity index (χ3n) is 3.24. The van der Waals surface area contributed by atoms with E-state index >= 15 is 0 Å². The molecule has 0 saturated carbocycles. The Kier molecular flexibility index (Phi) is 6.24. The lowest BCUT2D eigenvalue weighted by molar-refractivity contribution is 0.186. The van der Waals surface area contributed by atoms with Gasteiger partial charge in [-0.1, -0.05) is 41.5 Å². The topological polar surface area (TPSA) is 124 Å². The summed E-state index contributed by atoms with van der Waals surface area (Å²) in [5.74, 6) is 0.328. The highest BCUT2D eigenvalue weighted by Crippen LogP contribution is 2.30. The summed E-state index contributed by atoms with van der Waals surface area (Å²) in [6.45, 7) is 0.110. The summed E-state index contributed by atoms with van der Waals surface area (Å²) in [5.41, 5.74) is 9.87. The van der Waals surface area contributed by atoms with Crippen LogP contribution < -0.4 is 9.46 Å². The van der Waals surface area contributed by atoms with Crippen LogP contribution in [0, 0.1) is 0 Å². The highest BCUT2D eigenvalue weighted by molar-refractivity contribution is 7.92. The number of nitrogens with one attached hydrogen (secondary N) is 1. The van der Waals surface area contributed by atoms with Crippen molar-refractivity contribution in [3.63, 3.8) is 0 Å². The van der Waals surface area contributed by atoms with Crippen molar-refractivity contribution in [3.8, 4) is 5.75 Å². The number of hydrogen-bond donors (Lipinski definition) is 2. The zero-order valence-corrected chi connectivity index (χ0v) is 14.3. The van der Waals surface area contributed by atoms with Gasteiger partial charge in [-0.2, -0.15) is 0 Å². The smallest absolute Gasteiger partial charge is 0.229 e. The first kappa shape index (κ1) is 18.6. The highest BCUT2D eigenvalue weighted by atomic mass is 32.2. The Morgan fingerprint density at radius 1 is 1.28 bits per heavy atom. The number of benzene rings is 2. The Hall–Kier alpha value is -2.74. The molecule has 0 aliphatic heterocycles. The van der Waals surface area contributed by atoms with Crippen molar-refractivity contribution in [3.05, 3.63) is 70.1 Å². The maximum absolute atomic E-state index is 11.6. The minimum absolute atomic E-state index is 0.154. The summed E-state index contributed by atoms with van der Waals surface area (Å²) in [7, 11) is -3.54. The fraction of sp³-hybridized carbons (Fsp3) is 0.250. The van der Waals surface area contributed by atoms with Crippen LogP contribution in [0.2, 0.25) is 0 Å². The summed E-state index contributed by atoms with van der Waals surface area (Å²) >= 11 is 0. The normalized spacial score (nSPS) is 12.1. The first-order chi connectivity index (χ1) is 11.9. The zero-order valence-electron chi connectivity index (χ0n) is 13.5. The molecule has 1 unspecified atom stereocenters. The van der Waals surface area contributed by atoms with E-state index in [9.17, 15) is 13.5 Å². The molecule has 0 bridgehead atoms. The van der Waals surface area contributed by atoms with Crippen LogP contribution in [-0.2, 0) is 16.6 Å². The first-order valence-electron chi connectivity index (χ1n) is 7.36. The monoisotopic (exact) mass is 362 g/mol. The van der Waals surface area contributed by atoms with Crippen LogP contribution in [0.3, 0.4) is 0 Å². The predicted octanol–water partition coefficient (Wildman–Crippen LogP) is 2.98. The van der Waals surface area contributed by atoms with Crippen molar-refractivity contribution < 1.29 is 18.3 Å². The SMILES string of the molecule is CS(=O)(=O)Nc1cc(C(O)CN=[N+]=[N-])ccc1OCc1ccccc1. The van der Waals surface area contributed by atoms with Crippen LogP contribution in [0.1, 0.15) is 17.2 Å². The molecule has 0 saturated heterocycles. The van der Waals surface area contributed by atoms with Crippen LogP contribution in [0.15, 0.2) is 53.6 Å². The van der Waals surface area contributed by atoms with E-state index in [1.54, 1.807) is 12.1 Å². The van der Waals surface area contributed by atoms with Crippen molar-refractivity contribution in [2.45, 2.75) is 12.7 Å². The Labute approximate surface area is 145 Å². The van der Waals surface area contributed by atoms with Gasteiger partial charge in [0.15, 0.2) is 0 Å². The summed E-state index contributed by atoms with van der Waals surface area (Å²) in [6, 6.07) is 14.0. The molecular formula is C16H18N4O4S. The molecule has 2 N–H and O–H groups in total. The zero-order chi connectivity index (χ0) is 18.3. The third kappa shape index (κ3) is 6.00. The Morgan fingerprint density at radius 2 is 2.00 bits per heavy atom. The lowest BCUT2D eigenvalue weighted by Gasteiger charge is -2.16. The second kappa shape index (κ2) is 8.39. The molecule has 9 heteroatoms. The van der Waals surface area contributed by atoms with Gasteiger partial charge in [-0.3, -0.25) is 4.72 Å². The maximum atomic E-state index is 11.6. The molecule has 0 spiro atoms. The number of azide groups is 1. The summed E-state index contributed by atoms with van der Waals surface area (Å²) < 4.78 is 31.2. The summed E-state index contributed by atoms with van der Waals surface area (Å²) in [5, 5.41) is 13.3. The van der Waals surface area contributed by atoms with Crippen LogP contribution in [0.4, 0.5) is 5.69 Å². The number of anilines is 1. The van der Waals surface area contributed by atoms with Crippen LogP contribution >= 0.6 is 0 Å². The van der Waals surface area contributed by atoms with Crippen molar-refractivity contribution in [1.29, 1.82) is 0 Å². The maximum Gasteiger partial charge on any atom is 0.229 e. The number of aliphatic hydroxyl groups excluding tert-OH is 1. The van der Waals surface area contributed by atoms with E-state index in [4.69, 9.17) is 10.3 Å². The van der Waals surface area contributed by atoms with Gasteiger partial charge in [-0.25, -0.2) is 8.42 Å². The number of sulfonamides is 1. The molecule has 0 fully saturated rings. The van der Waals surface area contributed by atoms with Gasteiger partial charge in [0.1, 0.15) is 12.4 Å². The molecule has 0 aromatic heterocycles. The van der Waals surface area contributed by atoms with Crippen molar-refractivity contribution in [2.75, 3.05) is 17.5 Å². The Morgan fingerprint density at radius 3 is 2.64 bits per heavy atom. The van der Waals surface area contributed by atoms with E-state index in [-0.39, 0.29) is 18.8 Å². The molecule has 2 rings (SSSR count). The molecule has 0 aliphatic carbocycles. The molecule has 1 atom stereocenters. The van der Waals surface area contributed by atoms with Crippen LogP contribution in [0.5, 0.6) is 5.75 Å². The van der Waals surface area contributed by atoms with Gasteiger partial charge < -0.3 is 9.84 Å². The minimum atomic E-state index is -3.54. The largest absolute Gasteiger partial charge is 0.487 e. The van der Waals surface area contributed by atoms with Gasteiger partial charge in [0.25, 0.3) is 0 Å². The van der Waals surface area contributed by atoms with Gasteiger partial charge in [-0.05, 0) is 28.8 Å². The molecule has 0 aliphatic rings. The molecule has 2 aromatic rings. The average Bonchev–Trinajstić information content (AvgIpc) is 2.58. The van der Waals surface area contributed by atoms with Gasteiger partial charge in [0, 0.05) is 4.91 Å². The van der Waals surface area contributed by atoms with E-state index in [1.165, 1.54) is 6.07 Å². The number of ether oxygens (including phenoxy) is 1. The van der Waals surface area contributed by atoms with Crippen LogP contribution in [0.25, 0.3) is 10.4 Å². The van der Waals surface area contributed by atoms with Crippen LogP contribution in [-0.4, -0.2) is 26.3 Å². The second-order valence-corrected chi connectivity index (χ2v) is 7.08. The molecule has 0 radical (unpaired) electrons. The first-order valence-corrected chi connectivity index (χ1v) is 9.25. The molecule has 0 amide bonds. The second-order valence-electron chi connectivity index (χ2n) is 5.33. The van der Waals surface area contributed by atoms with E-state index in [0.717, 1.165) is 11.8 Å². The number of nitrogens with zero attached hydrogens (tertiary/aromatic N) is 3. The highest BCUT2D eigenvalue weighted by Gasteiger charge is 2.14. The fourth-order valence-electron chi connectivity index (χ4n) is 2.11. The molecule has 2 aromatic carbocycles. The standard InChI is InChI=1S/C16H18N4O4S/c1-25(22,23)19-14-9-13(15(21)10-18-20-17)7-8-16(14)24-11-12-5-3-2-4-6-12/h2-9,15,19,21H,10-11H2,1H3. The van der Waals surface area contributed by atoms with Gasteiger partial charge in [-0.15, -0.1) is 0 Å². The van der Waals surface area contributed by atoms with Gasteiger partial charge in [0.05, 0.1) is 24.6 Å². The summed E-state index contributed by atoms with van der Waals surface area (Å²) in [6.07, 6.45) is -0.0176. The predicted molar refractivity (Wildman–Crippen MR) is 94.7 cm³/mol. The third-order valence-corrected chi connectivity index (χ3v) is 3.83. The van der Waals surface area contributed by atoms with E-state index in [0.29, 0.717) is 11.3 Å². The molecule has 0 heterocycles. The number of rotatable bonds is 8. The molecule has 132 valence electrons. The fourth-order valence-corrected chi connectivity index (χ4v) is 2.67. The van der Waals surface area contributed by atoms with Crippen molar-refractivity contribution in [2.24, 2.45) is 5.11 Å². The van der Waals surface area contributed by atoms with Gasteiger partial charge >= 0.3 is 0 Å².